The lowest BCUT2D eigenvalue weighted by molar-refractivity contribution is 0.340. The van der Waals surface area contributed by atoms with Crippen LogP contribution in [-0.4, -0.2) is 37.0 Å². The van der Waals surface area contributed by atoms with E-state index in [0.717, 1.165) is 11.3 Å². The van der Waals surface area contributed by atoms with Gasteiger partial charge in [-0.3, -0.25) is 9.36 Å². The molecular weight excluding hydrogens is 404 g/mol. The minimum atomic E-state index is -0.209. The van der Waals surface area contributed by atoms with E-state index in [9.17, 15) is 4.79 Å². The van der Waals surface area contributed by atoms with Crippen molar-refractivity contribution < 1.29 is 4.74 Å². The molecule has 0 fully saturated rings. The average Bonchev–Trinajstić information content (AvgIpc) is 3.12. The van der Waals surface area contributed by atoms with Gasteiger partial charge < -0.3 is 4.74 Å². The zero-order chi connectivity index (χ0) is 22.1. The van der Waals surface area contributed by atoms with Gasteiger partial charge in [-0.25, -0.2) is 15.0 Å². The first kappa shape index (κ1) is 19.6. The molecule has 0 aliphatic heterocycles. The van der Waals surface area contributed by atoms with Crippen LogP contribution in [0.1, 0.15) is 12.5 Å². The molecule has 5 aromatic rings. The summed E-state index contributed by atoms with van der Waals surface area (Å²) >= 11 is 0. The molecule has 158 valence electrons. The molecule has 8 heteroatoms. The van der Waals surface area contributed by atoms with E-state index in [1.54, 1.807) is 17.0 Å². The molecule has 0 unspecified atom stereocenters. The molecule has 0 saturated heterocycles. The standard InChI is InChI=1S/C24H20N6O2/c1-3-13-29-15-25-22-20(24(29)31)21-23(28-19-8-6-5-7-18(19)27-21)30(22)26-14-16-9-11-17(12-10-16)32-4-2/h3,5-12,14-15H,1,4,13H2,2H3. The maximum absolute atomic E-state index is 13.2. The number of nitrogens with zero attached hydrogens (tertiary/aromatic N) is 6. The Kier molecular flexibility index (Phi) is 4.95. The predicted molar refractivity (Wildman–Crippen MR) is 125 cm³/mol. The maximum Gasteiger partial charge on any atom is 0.265 e. The Balaban J connectivity index is 1.74. The van der Waals surface area contributed by atoms with Crippen molar-refractivity contribution >= 4 is 39.4 Å². The van der Waals surface area contributed by atoms with Gasteiger partial charge in [-0.1, -0.05) is 18.2 Å². The molecule has 2 aromatic carbocycles. The Labute approximate surface area is 183 Å². The fourth-order valence-electron chi connectivity index (χ4n) is 3.57. The van der Waals surface area contributed by atoms with Crippen LogP contribution >= 0.6 is 0 Å². The van der Waals surface area contributed by atoms with Crippen LogP contribution in [0.25, 0.3) is 33.2 Å². The normalized spacial score (nSPS) is 11.7. The maximum atomic E-state index is 13.2. The smallest absolute Gasteiger partial charge is 0.265 e. The van der Waals surface area contributed by atoms with Gasteiger partial charge in [0.1, 0.15) is 23.0 Å². The summed E-state index contributed by atoms with van der Waals surface area (Å²) in [6.07, 6.45) is 4.84. The van der Waals surface area contributed by atoms with Gasteiger partial charge in [-0.2, -0.15) is 9.78 Å². The van der Waals surface area contributed by atoms with Crippen LogP contribution in [0.4, 0.5) is 0 Å². The fraction of sp³-hybridized carbons (Fsp3) is 0.125. The number of para-hydroxylation sites is 2. The number of fused-ring (bicyclic) bond motifs is 4. The molecule has 8 nitrogen and oxygen atoms in total. The summed E-state index contributed by atoms with van der Waals surface area (Å²) in [6.45, 7) is 6.62. The molecule has 32 heavy (non-hydrogen) atoms. The molecule has 0 N–H and O–H groups in total. The van der Waals surface area contributed by atoms with Crippen LogP contribution in [0.3, 0.4) is 0 Å². The first-order chi connectivity index (χ1) is 15.7. The SMILES string of the molecule is C=CCn1cnc2c(c1=O)c1nc3ccccc3nc1n2N=Cc1ccc(OCC)cc1. The van der Waals surface area contributed by atoms with E-state index in [-0.39, 0.29) is 5.56 Å². The summed E-state index contributed by atoms with van der Waals surface area (Å²) in [4.78, 5) is 27.2. The second kappa shape index (κ2) is 8.07. The number of allylic oxidation sites excluding steroid dienone is 1. The van der Waals surface area contributed by atoms with E-state index in [4.69, 9.17) is 14.7 Å². The van der Waals surface area contributed by atoms with Crippen molar-refractivity contribution in [3.05, 3.63) is 83.4 Å². The molecule has 3 heterocycles. The highest BCUT2D eigenvalue weighted by molar-refractivity contribution is 6.04. The third-order valence-electron chi connectivity index (χ3n) is 5.05. The molecule has 0 atom stereocenters. The van der Waals surface area contributed by atoms with Crippen molar-refractivity contribution in [1.82, 2.24) is 24.2 Å². The van der Waals surface area contributed by atoms with Gasteiger partial charge in [0.2, 0.25) is 0 Å². The molecule has 0 radical (unpaired) electrons. The van der Waals surface area contributed by atoms with Gasteiger partial charge in [0.15, 0.2) is 11.3 Å². The zero-order valence-electron chi connectivity index (χ0n) is 17.5. The van der Waals surface area contributed by atoms with E-state index >= 15 is 0 Å². The summed E-state index contributed by atoms with van der Waals surface area (Å²) in [7, 11) is 0. The van der Waals surface area contributed by atoms with E-state index in [1.807, 2.05) is 55.5 Å². The Hall–Kier alpha value is -4.33. The van der Waals surface area contributed by atoms with E-state index in [1.165, 1.54) is 10.9 Å². The van der Waals surface area contributed by atoms with Gasteiger partial charge in [0, 0.05) is 6.54 Å². The second-order valence-corrected chi connectivity index (χ2v) is 7.13. The van der Waals surface area contributed by atoms with Crippen molar-refractivity contribution in [3.63, 3.8) is 0 Å². The van der Waals surface area contributed by atoms with Crippen molar-refractivity contribution in [2.24, 2.45) is 5.10 Å². The topological polar surface area (TPSA) is 87.2 Å². The van der Waals surface area contributed by atoms with Crippen LogP contribution < -0.4 is 10.3 Å². The molecule has 0 aliphatic carbocycles. The highest BCUT2D eigenvalue weighted by Gasteiger charge is 2.19. The van der Waals surface area contributed by atoms with E-state index < -0.39 is 0 Å². The van der Waals surface area contributed by atoms with Crippen molar-refractivity contribution in [3.8, 4) is 5.75 Å². The summed E-state index contributed by atoms with van der Waals surface area (Å²) in [5, 5.41) is 4.99. The zero-order valence-corrected chi connectivity index (χ0v) is 17.5. The lowest BCUT2D eigenvalue weighted by Crippen LogP contribution is -2.19. The molecule has 0 amide bonds. The van der Waals surface area contributed by atoms with Crippen LogP contribution in [0, 0.1) is 0 Å². The molecule has 5 rings (SSSR count). The molecular formula is C24H20N6O2. The average molecular weight is 424 g/mol. The first-order valence-corrected chi connectivity index (χ1v) is 10.2. The third kappa shape index (κ3) is 3.31. The summed E-state index contributed by atoms with van der Waals surface area (Å²) in [5.41, 5.74) is 3.43. The Bertz CT molecular complexity index is 1550. The minimum Gasteiger partial charge on any atom is -0.494 e. The van der Waals surface area contributed by atoms with Gasteiger partial charge >= 0.3 is 0 Å². The largest absolute Gasteiger partial charge is 0.494 e. The van der Waals surface area contributed by atoms with Gasteiger partial charge in [0.25, 0.3) is 5.56 Å². The van der Waals surface area contributed by atoms with Crippen molar-refractivity contribution in [1.29, 1.82) is 0 Å². The van der Waals surface area contributed by atoms with Crippen LogP contribution in [0.5, 0.6) is 5.75 Å². The van der Waals surface area contributed by atoms with Crippen LogP contribution in [-0.2, 0) is 6.54 Å². The molecule has 3 aromatic heterocycles. The number of benzene rings is 2. The van der Waals surface area contributed by atoms with Crippen molar-refractivity contribution in [2.75, 3.05) is 6.61 Å². The quantitative estimate of drug-likeness (QED) is 0.306. The highest BCUT2D eigenvalue weighted by Crippen LogP contribution is 2.25. The fourth-order valence-corrected chi connectivity index (χ4v) is 3.57. The van der Waals surface area contributed by atoms with Gasteiger partial charge in [0.05, 0.1) is 23.9 Å². The molecule has 0 spiro atoms. The van der Waals surface area contributed by atoms with Crippen molar-refractivity contribution in [2.45, 2.75) is 13.5 Å². The lowest BCUT2D eigenvalue weighted by Gasteiger charge is -2.03. The number of hydrogen-bond donors (Lipinski definition) is 0. The summed E-state index contributed by atoms with van der Waals surface area (Å²) < 4.78 is 8.55. The van der Waals surface area contributed by atoms with Crippen LogP contribution in [0.15, 0.2) is 77.4 Å². The molecule has 0 saturated carbocycles. The number of aromatic nitrogens is 5. The van der Waals surface area contributed by atoms with Gasteiger partial charge in [-0.15, -0.1) is 6.58 Å². The van der Waals surface area contributed by atoms with E-state index in [2.05, 4.69) is 16.7 Å². The predicted octanol–water partition coefficient (Wildman–Crippen LogP) is 3.76. The van der Waals surface area contributed by atoms with E-state index in [0.29, 0.717) is 46.4 Å². The summed E-state index contributed by atoms with van der Waals surface area (Å²) in [5.74, 6) is 0.795. The van der Waals surface area contributed by atoms with Crippen LogP contribution in [0.2, 0.25) is 0 Å². The Morgan fingerprint density at radius 2 is 1.81 bits per heavy atom. The highest BCUT2D eigenvalue weighted by atomic mass is 16.5. The van der Waals surface area contributed by atoms with Gasteiger partial charge in [-0.05, 0) is 48.9 Å². The monoisotopic (exact) mass is 424 g/mol. The summed E-state index contributed by atoms with van der Waals surface area (Å²) in [6, 6.07) is 15.1. The first-order valence-electron chi connectivity index (χ1n) is 10.2. The third-order valence-corrected chi connectivity index (χ3v) is 5.05. The minimum absolute atomic E-state index is 0.209. The second-order valence-electron chi connectivity index (χ2n) is 7.13. The number of rotatable bonds is 6. The molecule has 0 aliphatic rings. The Morgan fingerprint density at radius 3 is 2.53 bits per heavy atom. The lowest BCUT2D eigenvalue weighted by atomic mass is 10.2. The number of ether oxygens (including phenoxy) is 1. The number of hydrogen-bond acceptors (Lipinski definition) is 6. The molecule has 0 bridgehead atoms. The Morgan fingerprint density at radius 1 is 1.06 bits per heavy atom.